The number of hydrogen-bond donors (Lipinski definition) is 1. The highest BCUT2D eigenvalue weighted by molar-refractivity contribution is 6.30. The minimum atomic E-state index is -4.76. The maximum Gasteiger partial charge on any atom is 0.573 e. The highest BCUT2D eigenvalue weighted by atomic mass is 35.5. The van der Waals surface area contributed by atoms with Gasteiger partial charge in [-0.2, -0.15) is 0 Å². The van der Waals surface area contributed by atoms with Crippen LogP contribution in [0.25, 0.3) is 0 Å². The lowest BCUT2D eigenvalue weighted by atomic mass is 10.1. The first-order valence-corrected chi connectivity index (χ1v) is 9.38. The number of ether oxygens (including phenoxy) is 2. The van der Waals surface area contributed by atoms with Crippen molar-refractivity contribution in [1.82, 2.24) is 10.2 Å². The van der Waals surface area contributed by atoms with E-state index in [-0.39, 0.29) is 43.7 Å². The van der Waals surface area contributed by atoms with Crippen LogP contribution < -0.4 is 14.8 Å². The third kappa shape index (κ3) is 6.28. The molecule has 160 valence electrons. The second-order valence-corrected chi connectivity index (χ2v) is 7.01. The van der Waals surface area contributed by atoms with Crippen LogP contribution in [0.2, 0.25) is 5.02 Å². The smallest absolute Gasteiger partial charge is 0.483 e. The molecule has 0 aromatic heterocycles. The van der Waals surface area contributed by atoms with Crippen LogP contribution in [-0.2, 0) is 22.6 Å². The fourth-order valence-electron chi connectivity index (χ4n) is 2.93. The summed E-state index contributed by atoms with van der Waals surface area (Å²) in [6, 6.07) is 10.2. The molecule has 3 rings (SSSR count). The van der Waals surface area contributed by atoms with Crippen molar-refractivity contribution in [2.45, 2.75) is 19.3 Å². The van der Waals surface area contributed by atoms with Gasteiger partial charge in [0.15, 0.2) is 6.61 Å². The normalized spacial score (nSPS) is 13.9. The number of amides is 2. The van der Waals surface area contributed by atoms with Crippen molar-refractivity contribution in [3.05, 3.63) is 58.6 Å². The number of halogens is 4. The molecule has 0 saturated carbocycles. The Kier molecular flexibility index (Phi) is 6.71. The first kappa shape index (κ1) is 21.8. The zero-order valence-corrected chi connectivity index (χ0v) is 16.4. The molecule has 1 aliphatic rings. The summed E-state index contributed by atoms with van der Waals surface area (Å²) in [5.41, 5.74) is 1.31. The molecule has 0 aliphatic carbocycles. The lowest BCUT2D eigenvalue weighted by Crippen LogP contribution is -2.39. The Morgan fingerprint density at radius 3 is 2.63 bits per heavy atom. The summed E-state index contributed by atoms with van der Waals surface area (Å²) in [5.74, 6) is -0.288. The van der Waals surface area contributed by atoms with Gasteiger partial charge in [-0.1, -0.05) is 23.7 Å². The molecule has 0 bridgehead atoms. The fourth-order valence-corrected chi connectivity index (χ4v) is 3.12. The second kappa shape index (κ2) is 9.25. The number of carbonyl (C=O) groups is 2. The van der Waals surface area contributed by atoms with E-state index >= 15 is 0 Å². The average molecular weight is 443 g/mol. The maximum absolute atomic E-state index is 12.2. The summed E-state index contributed by atoms with van der Waals surface area (Å²) in [7, 11) is 0. The summed E-state index contributed by atoms with van der Waals surface area (Å²) >= 11 is 6.00. The lowest BCUT2D eigenvalue weighted by Gasteiger charge is -2.20. The van der Waals surface area contributed by atoms with Crippen molar-refractivity contribution in [1.29, 1.82) is 0 Å². The van der Waals surface area contributed by atoms with Crippen molar-refractivity contribution in [2.24, 2.45) is 0 Å². The van der Waals surface area contributed by atoms with Gasteiger partial charge in [0, 0.05) is 30.2 Å². The molecular weight excluding hydrogens is 425 g/mol. The van der Waals surface area contributed by atoms with E-state index in [4.69, 9.17) is 16.3 Å². The summed E-state index contributed by atoms with van der Waals surface area (Å²) in [6.07, 6.45) is -4.78. The van der Waals surface area contributed by atoms with Crippen LogP contribution in [0.15, 0.2) is 42.5 Å². The van der Waals surface area contributed by atoms with E-state index in [1.54, 1.807) is 23.1 Å². The lowest BCUT2D eigenvalue weighted by molar-refractivity contribution is -0.274. The SMILES string of the molecule is O=C(Cc1ccc(OC(F)(F)F)cc1)NCCN1Cc2cc(Cl)ccc2OCC1=O. The largest absolute Gasteiger partial charge is 0.573 e. The molecule has 0 radical (unpaired) electrons. The van der Waals surface area contributed by atoms with Gasteiger partial charge in [0.25, 0.3) is 5.91 Å². The molecule has 0 atom stereocenters. The minimum Gasteiger partial charge on any atom is -0.483 e. The van der Waals surface area contributed by atoms with E-state index in [9.17, 15) is 22.8 Å². The standard InChI is InChI=1S/C20H18ClF3N2O4/c21-15-3-6-17-14(10-15)11-26(19(28)12-29-17)8-7-25-18(27)9-13-1-4-16(5-2-13)30-20(22,23)24/h1-6,10H,7-9,11-12H2,(H,25,27). The highest BCUT2D eigenvalue weighted by Crippen LogP contribution is 2.26. The molecule has 1 heterocycles. The van der Waals surface area contributed by atoms with Crippen molar-refractivity contribution in [3.8, 4) is 11.5 Å². The Hall–Kier alpha value is -2.94. The van der Waals surface area contributed by atoms with Gasteiger partial charge in [-0.3, -0.25) is 9.59 Å². The molecule has 0 saturated heterocycles. The number of nitrogens with one attached hydrogen (secondary N) is 1. The predicted octanol–water partition coefficient (Wildman–Crippen LogP) is 3.32. The topological polar surface area (TPSA) is 67.9 Å². The Balaban J connectivity index is 1.48. The van der Waals surface area contributed by atoms with Gasteiger partial charge < -0.3 is 19.7 Å². The third-order valence-electron chi connectivity index (χ3n) is 4.31. The number of fused-ring (bicyclic) bond motifs is 1. The van der Waals surface area contributed by atoms with Crippen LogP contribution in [-0.4, -0.2) is 42.8 Å². The number of rotatable bonds is 6. The molecule has 30 heavy (non-hydrogen) atoms. The number of nitrogens with zero attached hydrogens (tertiary/aromatic N) is 1. The van der Waals surface area contributed by atoms with Gasteiger partial charge in [0.1, 0.15) is 11.5 Å². The Labute approximate surface area is 175 Å². The molecule has 1 aliphatic heterocycles. The summed E-state index contributed by atoms with van der Waals surface area (Å²) in [4.78, 5) is 25.9. The quantitative estimate of drug-likeness (QED) is 0.745. The van der Waals surface area contributed by atoms with E-state index in [0.717, 1.165) is 17.7 Å². The second-order valence-electron chi connectivity index (χ2n) is 6.57. The Bertz CT molecular complexity index is 919. The molecule has 0 unspecified atom stereocenters. The van der Waals surface area contributed by atoms with Gasteiger partial charge in [-0.05, 0) is 35.9 Å². The van der Waals surface area contributed by atoms with Crippen LogP contribution >= 0.6 is 11.6 Å². The molecule has 1 N–H and O–H groups in total. The number of carbonyl (C=O) groups excluding carboxylic acids is 2. The van der Waals surface area contributed by atoms with Crippen LogP contribution in [0.1, 0.15) is 11.1 Å². The van der Waals surface area contributed by atoms with Crippen LogP contribution in [0, 0.1) is 0 Å². The van der Waals surface area contributed by atoms with Crippen LogP contribution in [0.4, 0.5) is 13.2 Å². The molecular formula is C20H18ClF3N2O4. The number of alkyl halides is 3. The van der Waals surface area contributed by atoms with Crippen molar-refractivity contribution in [2.75, 3.05) is 19.7 Å². The number of benzene rings is 2. The first-order chi connectivity index (χ1) is 14.2. The summed E-state index contributed by atoms with van der Waals surface area (Å²) in [5, 5.41) is 3.23. The van der Waals surface area contributed by atoms with Crippen molar-refractivity contribution >= 4 is 23.4 Å². The van der Waals surface area contributed by atoms with Gasteiger partial charge in [-0.15, -0.1) is 13.2 Å². The molecule has 2 aromatic rings. The zero-order valence-electron chi connectivity index (χ0n) is 15.7. The molecule has 0 fully saturated rings. The first-order valence-electron chi connectivity index (χ1n) is 9.00. The van der Waals surface area contributed by atoms with E-state index in [2.05, 4.69) is 10.1 Å². The van der Waals surface area contributed by atoms with E-state index in [1.807, 2.05) is 0 Å². The molecule has 10 heteroatoms. The highest BCUT2D eigenvalue weighted by Gasteiger charge is 2.31. The summed E-state index contributed by atoms with van der Waals surface area (Å²) in [6.45, 7) is 0.703. The molecule has 2 aromatic carbocycles. The van der Waals surface area contributed by atoms with Gasteiger partial charge in [-0.25, -0.2) is 0 Å². The van der Waals surface area contributed by atoms with E-state index in [0.29, 0.717) is 22.9 Å². The maximum atomic E-state index is 12.2. The van der Waals surface area contributed by atoms with Crippen molar-refractivity contribution in [3.63, 3.8) is 0 Å². The summed E-state index contributed by atoms with van der Waals surface area (Å²) < 4.78 is 45.8. The Morgan fingerprint density at radius 1 is 1.20 bits per heavy atom. The van der Waals surface area contributed by atoms with Gasteiger partial charge in [0.2, 0.25) is 5.91 Å². The van der Waals surface area contributed by atoms with Crippen molar-refractivity contribution < 1.29 is 32.2 Å². The molecule has 2 amide bonds. The number of hydrogen-bond acceptors (Lipinski definition) is 4. The zero-order chi connectivity index (χ0) is 21.7. The van der Waals surface area contributed by atoms with Gasteiger partial charge in [0.05, 0.1) is 6.42 Å². The predicted molar refractivity (Wildman–Crippen MR) is 102 cm³/mol. The molecule has 0 spiro atoms. The van der Waals surface area contributed by atoms with Gasteiger partial charge >= 0.3 is 6.36 Å². The van der Waals surface area contributed by atoms with E-state index < -0.39 is 6.36 Å². The molecule has 6 nitrogen and oxygen atoms in total. The third-order valence-corrected chi connectivity index (χ3v) is 4.55. The average Bonchev–Trinajstić information content (AvgIpc) is 2.81. The monoisotopic (exact) mass is 442 g/mol. The van der Waals surface area contributed by atoms with Crippen LogP contribution in [0.3, 0.4) is 0 Å². The van der Waals surface area contributed by atoms with Crippen LogP contribution in [0.5, 0.6) is 11.5 Å². The van der Waals surface area contributed by atoms with E-state index in [1.165, 1.54) is 12.1 Å². The fraction of sp³-hybridized carbons (Fsp3) is 0.300. The minimum absolute atomic E-state index is 0.0121. The Morgan fingerprint density at radius 2 is 1.93 bits per heavy atom.